The van der Waals surface area contributed by atoms with Crippen molar-refractivity contribution in [3.8, 4) is 0 Å². The molecule has 0 saturated carbocycles. The van der Waals surface area contributed by atoms with Crippen molar-refractivity contribution in [2.75, 3.05) is 43.9 Å². The fraction of sp³-hybridized carbons (Fsp3) is 0.571. The third-order valence-electron chi connectivity index (χ3n) is 3.52. The number of nitrogens with one attached hydrogen (secondary N) is 3. The molecule has 8 nitrogen and oxygen atoms in total. The highest BCUT2D eigenvalue weighted by Gasteiger charge is 2.23. The zero-order valence-corrected chi connectivity index (χ0v) is 12.9. The quantitative estimate of drug-likeness (QED) is 0.618. The standard InChI is InChI=1S/C14H22N6O2/c1-20(2)11-7-12(19-18-9-11)15-5-6-16-14(22)10-3-4-13(21)17-8-10/h7,9-10H,3-6,8H2,1-2H3,(H,15,19)(H,16,22)(H,17,21). The summed E-state index contributed by atoms with van der Waals surface area (Å²) in [5.41, 5.74) is 0.958. The van der Waals surface area contributed by atoms with E-state index in [1.165, 1.54) is 0 Å². The Morgan fingerprint density at radius 1 is 1.45 bits per heavy atom. The minimum atomic E-state index is -0.130. The van der Waals surface area contributed by atoms with Gasteiger partial charge in [0.15, 0.2) is 5.82 Å². The fourth-order valence-electron chi connectivity index (χ4n) is 2.16. The molecule has 2 rings (SSSR count). The van der Waals surface area contributed by atoms with Crippen LogP contribution in [0.25, 0.3) is 0 Å². The Morgan fingerprint density at radius 3 is 2.95 bits per heavy atom. The van der Waals surface area contributed by atoms with Crippen molar-refractivity contribution >= 4 is 23.3 Å². The zero-order chi connectivity index (χ0) is 15.9. The summed E-state index contributed by atoms with van der Waals surface area (Å²) in [4.78, 5) is 24.9. The van der Waals surface area contributed by atoms with E-state index >= 15 is 0 Å². The molecule has 1 aliphatic rings. The smallest absolute Gasteiger partial charge is 0.224 e. The SMILES string of the molecule is CN(C)c1cnnc(NCCNC(=O)C2CCC(=O)NC2)c1. The maximum absolute atomic E-state index is 11.9. The molecule has 1 aliphatic heterocycles. The van der Waals surface area contributed by atoms with Crippen LogP contribution in [-0.2, 0) is 9.59 Å². The highest BCUT2D eigenvalue weighted by Crippen LogP contribution is 2.12. The number of hydrogen-bond donors (Lipinski definition) is 3. The van der Waals surface area contributed by atoms with Gasteiger partial charge >= 0.3 is 0 Å². The van der Waals surface area contributed by atoms with Crippen molar-refractivity contribution in [2.24, 2.45) is 5.92 Å². The Kier molecular flexibility index (Phi) is 5.51. The summed E-state index contributed by atoms with van der Waals surface area (Å²) < 4.78 is 0. The van der Waals surface area contributed by atoms with Gasteiger partial charge in [-0.2, -0.15) is 5.10 Å². The zero-order valence-electron chi connectivity index (χ0n) is 12.9. The summed E-state index contributed by atoms with van der Waals surface area (Å²) in [7, 11) is 3.87. The molecule has 1 fully saturated rings. The number of hydrogen-bond acceptors (Lipinski definition) is 6. The molecular weight excluding hydrogens is 284 g/mol. The van der Waals surface area contributed by atoms with Gasteiger partial charge in [-0.3, -0.25) is 9.59 Å². The lowest BCUT2D eigenvalue weighted by atomic mass is 9.98. The molecule has 0 aromatic carbocycles. The normalized spacial score (nSPS) is 17.5. The molecule has 0 aliphatic carbocycles. The van der Waals surface area contributed by atoms with Crippen molar-refractivity contribution in [3.63, 3.8) is 0 Å². The van der Waals surface area contributed by atoms with Crippen LogP contribution in [0, 0.1) is 5.92 Å². The summed E-state index contributed by atoms with van der Waals surface area (Å²) in [6.07, 6.45) is 2.72. The molecule has 2 heterocycles. The summed E-state index contributed by atoms with van der Waals surface area (Å²) in [5, 5.41) is 16.6. The van der Waals surface area contributed by atoms with E-state index in [1.54, 1.807) is 6.20 Å². The van der Waals surface area contributed by atoms with Crippen LogP contribution in [-0.4, -0.2) is 55.7 Å². The van der Waals surface area contributed by atoms with E-state index in [9.17, 15) is 9.59 Å². The van der Waals surface area contributed by atoms with Gasteiger partial charge in [0.25, 0.3) is 0 Å². The largest absolute Gasteiger partial charge is 0.376 e. The minimum Gasteiger partial charge on any atom is -0.376 e. The van der Waals surface area contributed by atoms with Crippen LogP contribution in [0.15, 0.2) is 12.3 Å². The number of piperidine rings is 1. The van der Waals surface area contributed by atoms with Crippen molar-refractivity contribution < 1.29 is 9.59 Å². The van der Waals surface area contributed by atoms with Crippen LogP contribution in [0.2, 0.25) is 0 Å². The number of nitrogens with zero attached hydrogens (tertiary/aromatic N) is 3. The molecule has 120 valence electrons. The van der Waals surface area contributed by atoms with E-state index in [0.29, 0.717) is 38.3 Å². The van der Waals surface area contributed by atoms with E-state index in [2.05, 4.69) is 26.1 Å². The van der Waals surface area contributed by atoms with Crippen molar-refractivity contribution in [2.45, 2.75) is 12.8 Å². The Morgan fingerprint density at radius 2 is 2.27 bits per heavy atom. The van der Waals surface area contributed by atoms with E-state index < -0.39 is 0 Å². The third kappa shape index (κ3) is 4.57. The fourth-order valence-corrected chi connectivity index (χ4v) is 2.16. The number of anilines is 2. The van der Waals surface area contributed by atoms with Gasteiger partial charge in [-0.25, -0.2) is 0 Å². The monoisotopic (exact) mass is 306 g/mol. The van der Waals surface area contributed by atoms with Crippen LogP contribution in [0.1, 0.15) is 12.8 Å². The molecule has 1 aromatic heterocycles. The van der Waals surface area contributed by atoms with Crippen LogP contribution in [0.5, 0.6) is 0 Å². The van der Waals surface area contributed by atoms with Gasteiger partial charge in [-0.05, 0) is 6.42 Å². The summed E-state index contributed by atoms with van der Waals surface area (Å²) in [6.45, 7) is 1.49. The molecule has 0 spiro atoms. The van der Waals surface area contributed by atoms with E-state index in [-0.39, 0.29) is 17.7 Å². The molecule has 2 amide bonds. The predicted molar refractivity (Wildman–Crippen MR) is 83.6 cm³/mol. The van der Waals surface area contributed by atoms with Crippen molar-refractivity contribution in [1.29, 1.82) is 0 Å². The summed E-state index contributed by atoms with van der Waals surface area (Å²) in [5.74, 6) is 0.542. The molecule has 1 unspecified atom stereocenters. The van der Waals surface area contributed by atoms with Crippen LogP contribution in [0.4, 0.5) is 11.5 Å². The Balaban J connectivity index is 1.69. The van der Waals surface area contributed by atoms with E-state index in [1.807, 2.05) is 25.1 Å². The van der Waals surface area contributed by atoms with Crippen LogP contribution in [0.3, 0.4) is 0 Å². The first-order valence-corrected chi connectivity index (χ1v) is 7.34. The maximum Gasteiger partial charge on any atom is 0.224 e. The molecule has 8 heteroatoms. The molecule has 3 N–H and O–H groups in total. The minimum absolute atomic E-state index is 0.0186. The molecular formula is C14H22N6O2. The third-order valence-corrected chi connectivity index (χ3v) is 3.52. The van der Waals surface area contributed by atoms with Gasteiger partial charge in [0.2, 0.25) is 11.8 Å². The lowest BCUT2D eigenvalue weighted by Gasteiger charge is -2.21. The highest BCUT2D eigenvalue weighted by molar-refractivity contribution is 5.83. The average Bonchev–Trinajstić information content (AvgIpc) is 2.52. The molecule has 1 atom stereocenters. The second-order valence-corrected chi connectivity index (χ2v) is 5.45. The first-order valence-electron chi connectivity index (χ1n) is 7.34. The first kappa shape index (κ1) is 16.0. The summed E-state index contributed by atoms with van der Waals surface area (Å²) in [6, 6.07) is 1.89. The first-order chi connectivity index (χ1) is 10.6. The van der Waals surface area contributed by atoms with Gasteiger partial charge in [0, 0.05) is 46.2 Å². The molecule has 0 bridgehead atoms. The summed E-state index contributed by atoms with van der Waals surface area (Å²) >= 11 is 0. The van der Waals surface area contributed by atoms with Crippen LogP contribution >= 0.6 is 0 Å². The van der Waals surface area contributed by atoms with Gasteiger partial charge in [0.05, 0.1) is 17.8 Å². The highest BCUT2D eigenvalue weighted by atomic mass is 16.2. The van der Waals surface area contributed by atoms with Gasteiger partial charge in [-0.1, -0.05) is 0 Å². The van der Waals surface area contributed by atoms with Gasteiger partial charge in [0.1, 0.15) is 0 Å². The number of amides is 2. The molecule has 1 saturated heterocycles. The average molecular weight is 306 g/mol. The number of rotatable bonds is 6. The van der Waals surface area contributed by atoms with Gasteiger partial charge < -0.3 is 20.9 Å². The number of carbonyl (C=O) groups excluding carboxylic acids is 2. The second-order valence-electron chi connectivity index (χ2n) is 5.45. The van der Waals surface area contributed by atoms with Crippen molar-refractivity contribution in [1.82, 2.24) is 20.8 Å². The van der Waals surface area contributed by atoms with Crippen LogP contribution < -0.4 is 20.9 Å². The Labute approximate surface area is 129 Å². The number of aromatic nitrogens is 2. The van der Waals surface area contributed by atoms with E-state index in [0.717, 1.165) is 5.69 Å². The van der Waals surface area contributed by atoms with E-state index in [4.69, 9.17) is 0 Å². The predicted octanol–water partition coefficient (Wildman–Crippen LogP) is -0.403. The van der Waals surface area contributed by atoms with Crippen molar-refractivity contribution in [3.05, 3.63) is 12.3 Å². The topological polar surface area (TPSA) is 99.2 Å². The van der Waals surface area contributed by atoms with Gasteiger partial charge in [-0.15, -0.1) is 5.10 Å². The lowest BCUT2D eigenvalue weighted by molar-refractivity contribution is -0.128. The second kappa shape index (κ2) is 7.58. The molecule has 22 heavy (non-hydrogen) atoms. The Bertz CT molecular complexity index is 524. The lowest BCUT2D eigenvalue weighted by Crippen LogP contribution is -2.43. The Hall–Kier alpha value is -2.38. The maximum atomic E-state index is 11.9. The number of carbonyl (C=O) groups is 2. The molecule has 1 aromatic rings. The molecule has 0 radical (unpaired) electrons.